The van der Waals surface area contributed by atoms with E-state index in [1.807, 2.05) is 11.8 Å². The molecule has 1 aromatic heterocycles. The van der Waals surface area contributed by atoms with Crippen molar-refractivity contribution in [3.8, 4) is 0 Å². The number of morpholine rings is 1. The van der Waals surface area contributed by atoms with Gasteiger partial charge in [0.25, 0.3) is 5.91 Å². The lowest BCUT2D eigenvalue weighted by molar-refractivity contribution is -0.0453. The molecule has 1 aliphatic heterocycles. The summed E-state index contributed by atoms with van der Waals surface area (Å²) in [5, 5.41) is 0. The molecule has 1 aliphatic rings. The highest BCUT2D eigenvalue weighted by Gasteiger charge is 2.31. The molecule has 0 radical (unpaired) electrons. The van der Waals surface area contributed by atoms with Crippen LogP contribution in [0.4, 0.5) is 0 Å². The minimum Gasteiger partial charge on any atom is -0.444 e. The fourth-order valence-corrected chi connectivity index (χ4v) is 2.31. The molecule has 1 fully saturated rings. The van der Waals surface area contributed by atoms with Crippen LogP contribution in [0, 0.1) is 0 Å². The molecule has 1 saturated heterocycles. The number of furan rings is 1. The van der Waals surface area contributed by atoms with Gasteiger partial charge in [-0.15, -0.1) is 0 Å². The molecule has 17 heavy (non-hydrogen) atoms. The molecule has 2 atom stereocenters. The summed E-state index contributed by atoms with van der Waals surface area (Å²) in [7, 11) is 0. The minimum atomic E-state index is -0.0577. The number of amides is 1. The molecule has 1 aromatic rings. The maximum absolute atomic E-state index is 12.3. The van der Waals surface area contributed by atoms with E-state index >= 15 is 0 Å². The van der Waals surface area contributed by atoms with Crippen molar-refractivity contribution in [3.05, 3.63) is 22.6 Å². The molecule has 2 rings (SSSR count). The lowest BCUT2D eigenvalue weighted by Crippen LogP contribution is -2.51. The SMILES string of the molecule is CCC1COC(C)CN1C(=O)c1ccc(Br)o1. The highest BCUT2D eigenvalue weighted by atomic mass is 79.9. The zero-order chi connectivity index (χ0) is 12.4. The zero-order valence-electron chi connectivity index (χ0n) is 9.98. The second kappa shape index (κ2) is 5.23. The Labute approximate surface area is 109 Å². The summed E-state index contributed by atoms with van der Waals surface area (Å²) >= 11 is 3.21. The predicted molar refractivity (Wildman–Crippen MR) is 66.9 cm³/mol. The van der Waals surface area contributed by atoms with E-state index < -0.39 is 0 Å². The Morgan fingerprint density at radius 2 is 2.35 bits per heavy atom. The molecular weight excluding hydrogens is 286 g/mol. The number of nitrogens with zero attached hydrogens (tertiary/aromatic N) is 1. The van der Waals surface area contributed by atoms with E-state index in [9.17, 15) is 4.79 Å². The first-order valence-electron chi connectivity index (χ1n) is 5.79. The van der Waals surface area contributed by atoms with Crippen LogP contribution < -0.4 is 0 Å². The normalized spacial score (nSPS) is 25.0. The largest absolute Gasteiger partial charge is 0.444 e. The van der Waals surface area contributed by atoms with Gasteiger partial charge in [-0.05, 0) is 41.4 Å². The average Bonchev–Trinajstić information content (AvgIpc) is 2.75. The van der Waals surface area contributed by atoms with E-state index in [1.165, 1.54) is 0 Å². The van der Waals surface area contributed by atoms with Crippen molar-refractivity contribution in [1.82, 2.24) is 4.90 Å². The molecular formula is C12H16BrNO3. The van der Waals surface area contributed by atoms with Crippen molar-refractivity contribution >= 4 is 21.8 Å². The molecule has 0 saturated carbocycles. The standard InChI is InChI=1S/C12H16BrNO3/c1-3-9-7-16-8(2)6-14(9)12(15)10-4-5-11(13)17-10/h4-5,8-9H,3,6-7H2,1-2H3. The lowest BCUT2D eigenvalue weighted by Gasteiger charge is -2.37. The van der Waals surface area contributed by atoms with Gasteiger partial charge >= 0.3 is 0 Å². The van der Waals surface area contributed by atoms with Crippen LogP contribution in [0.15, 0.2) is 21.2 Å². The van der Waals surface area contributed by atoms with Crippen LogP contribution in [0.5, 0.6) is 0 Å². The third-order valence-electron chi connectivity index (χ3n) is 2.98. The van der Waals surface area contributed by atoms with E-state index in [1.54, 1.807) is 12.1 Å². The van der Waals surface area contributed by atoms with Gasteiger partial charge < -0.3 is 14.1 Å². The van der Waals surface area contributed by atoms with Crippen LogP contribution in [0.25, 0.3) is 0 Å². The third-order valence-corrected chi connectivity index (χ3v) is 3.41. The summed E-state index contributed by atoms with van der Waals surface area (Å²) in [4.78, 5) is 14.1. The summed E-state index contributed by atoms with van der Waals surface area (Å²) in [5.41, 5.74) is 0. The Hall–Kier alpha value is -0.810. The first-order chi connectivity index (χ1) is 8.11. The van der Waals surface area contributed by atoms with Gasteiger partial charge in [-0.1, -0.05) is 6.92 Å². The highest BCUT2D eigenvalue weighted by molar-refractivity contribution is 9.10. The van der Waals surface area contributed by atoms with Crippen LogP contribution >= 0.6 is 15.9 Å². The summed E-state index contributed by atoms with van der Waals surface area (Å²) < 4.78 is 11.5. The van der Waals surface area contributed by atoms with Crippen molar-refractivity contribution in [2.24, 2.45) is 0 Å². The average molecular weight is 302 g/mol. The Kier molecular flexibility index (Phi) is 3.89. The molecule has 94 valence electrons. The summed E-state index contributed by atoms with van der Waals surface area (Å²) in [6.45, 7) is 5.26. The zero-order valence-corrected chi connectivity index (χ0v) is 11.6. The monoisotopic (exact) mass is 301 g/mol. The Morgan fingerprint density at radius 1 is 1.59 bits per heavy atom. The predicted octanol–water partition coefficient (Wildman–Crippen LogP) is 2.68. The van der Waals surface area contributed by atoms with Crippen molar-refractivity contribution < 1.29 is 13.9 Å². The Bertz CT molecular complexity index is 404. The minimum absolute atomic E-state index is 0.0577. The van der Waals surface area contributed by atoms with Gasteiger partial charge in [0, 0.05) is 6.54 Å². The molecule has 0 aliphatic carbocycles. The molecule has 0 bridgehead atoms. The van der Waals surface area contributed by atoms with Gasteiger partial charge in [0.15, 0.2) is 10.4 Å². The third kappa shape index (κ3) is 2.72. The van der Waals surface area contributed by atoms with E-state index in [-0.39, 0.29) is 18.1 Å². The number of carbonyl (C=O) groups is 1. The summed E-state index contributed by atoms with van der Waals surface area (Å²) in [6, 6.07) is 3.57. The smallest absolute Gasteiger partial charge is 0.290 e. The van der Waals surface area contributed by atoms with Crippen molar-refractivity contribution in [3.63, 3.8) is 0 Å². The van der Waals surface area contributed by atoms with Crippen molar-refractivity contribution in [2.45, 2.75) is 32.4 Å². The van der Waals surface area contributed by atoms with Crippen molar-refractivity contribution in [1.29, 1.82) is 0 Å². The second-order valence-electron chi connectivity index (χ2n) is 4.27. The molecule has 2 heterocycles. The summed E-state index contributed by atoms with van der Waals surface area (Å²) in [5.74, 6) is 0.321. The van der Waals surface area contributed by atoms with Crippen LogP contribution in [0.1, 0.15) is 30.8 Å². The number of ether oxygens (including phenoxy) is 1. The molecule has 5 heteroatoms. The molecule has 1 amide bonds. The second-order valence-corrected chi connectivity index (χ2v) is 5.05. The number of rotatable bonds is 2. The molecule has 2 unspecified atom stereocenters. The number of halogens is 1. The topological polar surface area (TPSA) is 42.7 Å². The van der Waals surface area contributed by atoms with Gasteiger partial charge in [-0.2, -0.15) is 0 Å². The van der Waals surface area contributed by atoms with Crippen LogP contribution in [0.2, 0.25) is 0 Å². The lowest BCUT2D eigenvalue weighted by atomic mass is 10.1. The van der Waals surface area contributed by atoms with E-state index in [0.717, 1.165) is 6.42 Å². The van der Waals surface area contributed by atoms with E-state index in [0.29, 0.717) is 23.6 Å². The maximum Gasteiger partial charge on any atom is 0.290 e. The molecule has 0 N–H and O–H groups in total. The number of carbonyl (C=O) groups excluding carboxylic acids is 1. The van der Waals surface area contributed by atoms with Gasteiger partial charge in [0.2, 0.25) is 0 Å². The van der Waals surface area contributed by atoms with Gasteiger partial charge in [0.05, 0.1) is 18.8 Å². The summed E-state index contributed by atoms with van der Waals surface area (Å²) in [6.07, 6.45) is 0.973. The molecule has 0 spiro atoms. The van der Waals surface area contributed by atoms with Crippen LogP contribution in [-0.2, 0) is 4.74 Å². The Balaban J connectivity index is 2.16. The highest BCUT2D eigenvalue weighted by Crippen LogP contribution is 2.20. The van der Waals surface area contributed by atoms with Gasteiger partial charge in [-0.3, -0.25) is 4.79 Å². The fraction of sp³-hybridized carbons (Fsp3) is 0.583. The van der Waals surface area contributed by atoms with Gasteiger partial charge in [0.1, 0.15) is 0 Å². The van der Waals surface area contributed by atoms with Crippen molar-refractivity contribution in [2.75, 3.05) is 13.2 Å². The fourth-order valence-electron chi connectivity index (χ4n) is 2.00. The van der Waals surface area contributed by atoms with E-state index in [2.05, 4.69) is 22.9 Å². The van der Waals surface area contributed by atoms with Gasteiger partial charge in [-0.25, -0.2) is 0 Å². The quantitative estimate of drug-likeness (QED) is 0.843. The van der Waals surface area contributed by atoms with E-state index in [4.69, 9.17) is 9.15 Å². The molecule has 4 nitrogen and oxygen atoms in total. The molecule has 0 aromatic carbocycles. The maximum atomic E-state index is 12.3. The first-order valence-corrected chi connectivity index (χ1v) is 6.59. The first kappa shape index (κ1) is 12.6. The van der Waals surface area contributed by atoms with Crippen LogP contribution in [0.3, 0.4) is 0 Å². The number of hydrogen-bond donors (Lipinski definition) is 0. The Morgan fingerprint density at radius 3 is 2.94 bits per heavy atom. The number of hydrogen-bond acceptors (Lipinski definition) is 3. The van der Waals surface area contributed by atoms with Crippen LogP contribution in [-0.4, -0.2) is 36.1 Å².